The number of carbonyl (C=O) groups is 2. The lowest BCUT2D eigenvalue weighted by Crippen LogP contribution is -2.73. The van der Waals surface area contributed by atoms with Crippen molar-refractivity contribution in [3.05, 3.63) is 69.6 Å². The second kappa shape index (κ2) is 17.8. The van der Waals surface area contributed by atoms with Gasteiger partial charge in [0.2, 0.25) is 0 Å². The fourth-order valence-corrected chi connectivity index (χ4v) is 21.9. The first-order valence-corrected chi connectivity index (χ1v) is 31.2. The summed E-state index contributed by atoms with van der Waals surface area (Å²) in [6, 6.07) is 7.65. The van der Waals surface area contributed by atoms with Gasteiger partial charge in [-0.15, -0.1) is 11.8 Å². The van der Waals surface area contributed by atoms with Crippen molar-refractivity contribution in [1.82, 2.24) is 9.55 Å². The Morgan fingerprint density at radius 3 is 2.22 bits per heavy atom. The number of hydrogen-bond acceptors (Lipinski definition) is 6. The van der Waals surface area contributed by atoms with Gasteiger partial charge in [0.1, 0.15) is 11.9 Å². The third kappa shape index (κ3) is 7.07. The van der Waals surface area contributed by atoms with Crippen molar-refractivity contribution in [2.24, 2.45) is 62.1 Å². The summed E-state index contributed by atoms with van der Waals surface area (Å²) in [4.78, 5) is 35.4. The number of Topliss-reactive ketones (excluding diaryl/α,β-unsaturated/α-hetero) is 2. The highest BCUT2D eigenvalue weighted by Crippen LogP contribution is 2.82. The fourth-order valence-electron chi connectivity index (χ4n) is 21.9. The number of aliphatic hydroxyl groups excluding tert-OH is 2. The quantitative estimate of drug-likeness (QED) is 0.153. The average Bonchev–Trinajstić information content (AvgIpc) is 2.95. The Bertz CT molecular complexity index is 2900. The third-order valence-corrected chi connectivity index (χ3v) is 25.8. The molecule has 8 heteroatoms. The van der Waals surface area contributed by atoms with E-state index in [2.05, 4.69) is 93.5 Å². The number of aromatic nitrogens is 2. The molecule has 0 radical (unpaired) electrons. The molecule has 8 nitrogen and oxygen atoms in total. The van der Waals surface area contributed by atoms with Gasteiger partial charge in [-0.05, 0) is 176 Å². The van der Waals surface area contributed by atoms with Crippen LogP contribution in [0, 0.1) is 73.9 Å². The number of ether oxygens (including phenoxy) is 2. The van der Waals surface area contributed by atoms with Crippen molar-refractivity contribution in [2.45, 2.75) is 238 Å². The van der Waals surface area contributed by atoms with Crippen molar-refractivity contribution < 1.29 is 29.3 Å². The van der Waals surface area contributed by atoms with Gasteiger partial charge in [0.05, 0.1) is 28.8 Å². The van der Waals surface area contributed by atoms with Crippen molar-refractivity contribution >= 4 is 22.6 Å². The summed E-state index contributed by atoms with van der Waals surface area (Å²) >= 11 is 0. The first-order chi connectivity index (χ1) is 36.5. The van der Waals surface area contributed by atoms with E-state index in [9.17, 15) is 10.2 Å². The molecule has 3 N–H and O–H groups in total. The van der Waals surface area contributed by atoms with Gasteiger partial charge in [-0.1, -0.05) is 90.8 Å². The van der Waals surface area contributed by atoms with Crippen LogP contribution in [0.5, 0.6) is 0 Å². The van der Waals surface area contributed by atoms with Crippen LogP contribution in [0.4, 0.5) is 0 Å². The summed E-state index contributed by atoms with van der Waals surface area (Å²) in [6.07, 6.45) is 26.6. The zero-order chi connectivity index (χ0) is 52.4. The van der Waals surface area contributed by atoms with Crippen LogP contribution in [0.1, 0.15) is 222 Å². The zero-order valence-corrected chi connectivity index (χ0v) is 47.2. The highest BCUT2D eigenvalue weighted by atomic mass is 16.6. The number of nitrogens with zero attached hydrogens (tertiary/aromatic N) is 1. The SMILES string of the molecule is CC1(C)O[C@@H]1[C@H](O)C[C@@]1(C)C2=C3[C@@H]4Cn5cc(Cc6cc(C7CCCCC7)cc(C7CCOCC7)c6)c6[nH]cc(c65)C[C@@H]1CC#CC[C@@]1(CC[C@@H]5[C@](C)([C@H]1[C@@H]4O)C1(CCCC1)CC(=O)[C@@]5(C)C1CCCC1)[C@@]3(C)CC2=O. The molecule has 12 atom stereocenters. The molecule has 0 unspecified atom stereocenters. The number of carbonyl (C=O) groups excluding carboxylic acids is 2. The molecule has 2 spiro atoms. The molecule has 2 saturated heterocycles. The second-order valence-corrected chi connectivity index (χ2v) is 29.4. The number of H-pyrrole nitrogens is 1. The Morgan fingerprint density at radius 1 is 0.816 bits per heavy atom. The highest BCUT2D eigenvalue weighted by molar-refractivity contribution is 6.02. The van der Waals surface area contributed by atoms with E-state index in [-0.39, 0.29) is 46.4 Å². The molecular formula is C68H90N2O6. The first kappa shape index (κ1) is 50.7. The largest absolute Gasteiger partial charge is 0.392 e. The Labute approximate surface area is 454 Å². The zero-order valence-electron chi connectivity index (χ0n) is 47.2. The molecule has 2 aromatic heterocycles. The lowest BCUT2D eigenvalue weighted by molar-refractivity contribution is -0.269. The minimum absolute atomic E-state index is 0.0699. The summed E-state index contributed by atoms with van der Waals surface area (Å²) in [5.74, 6) is 9.66. The standard InChI is InChI=1S/C68H90N2O6/c1-62(2)61(76-62)52(72)35-63(3)49-20-12-13-26-68-27-21-53-65(5,48-18-10-11-19-48)54(73)37-67(24-14-15-25-67)66(53,6)60(68)59(74)50(55-56(63)51(71)36-64(55,68)4)40-70-39-47(57-58(70)46(34-49)38-69-57)32-41-30-44(42-16-8-7-9-17-42)33-45(31-41)43-22-28-75-29-23-43/h30-31,33,38-39,42-43,48-50,52-53,59-61,69,72,74H,7-11,14-29,32,34-37,40H2,1-6H3/t49-,50-,52+,53-,59+,60+,61+,63+,64-,65-,66+,68-/m0/s1. The number of fused-ring (bicyclic) bond motifs is 4. The van der Waals surface area contributed by atoms with Crippen molar-refractivity contribution in [1.29, 1.82) is 0 Å². The molecule has 8 fully saturated rings. The van der Waals surface area contributed by atoms with Crippen LogP contribution >= 0.6 is 0 Å². The number of hydrogen-bond donors (Lipinski definition) is 3. The number of rotatable bonds is 8. The Hall–Kier alpha value is -3.48. The van der Waals surface area contributed by atoms with Gasteiger partial charge in [-0.2, -0.15) is 0 Å². The van der Waals surface area contributed by atoms with E-state index in [4.69, 9.17) is 9.47 Å². The van der Waals surface area contributed by atoms with E-state index < -0.39 is 39.5 Å². The fraction of sp³-hybridized carbons (Fsp3) is 0.735. The van der Waals surface area contributed by atoms with Crippen LogP contribution in [-0.2, 0) is 38.4 Å². The lowest BCUT2D eigenvalue weighted by atomic mass is 9.28. The number of benzene rings is 1. The Balaban J connectivity index is 0.968. The first-order valence-electron chi connectivity index (χ1n) is 31.2. The smallest absolute Gasteiger partial charge is 0.160 e. The van der Waals surface area contributed by atoms with Crippen molar-refractivity contribution in [2.75, 3.05) is 13.2 Å². The van der Waals surface area contributed by atoms with Gasteiger partial charge >= 0.3 is 0 Å². The molecule has 76 heavy (non-hydrogen) atoms. The molecule has 6 saturated carbocycles. The van der Waals surface area contributed by atoms with Crippen LogP contribution in [0.3, 0.4) is 0 Å². The van der Waals surface area contributed by atoms with Gasteiger partial charge in [0, 0.05) is 92.0 Å². The molecule has 14 rings (SSSR count). The van der Waals surface area contributed by atoms with Gasteiger partial charge in [-0.25, -0.2) is 0 Å². The normalized spacial score (nSPS) is 40.4. The molecule has 8 aliphatic carbocycles. The number of aromatic amines is 1. The number of aliphatic hydroxyl groups is 2. The molecule has 3 aromatic rings. The van der Waals surface area contributed by atoms with Crippen LogP contribution in [0.2, 0.25) is 0 Å². The summed E-state index contributed by atoms with van der Waals surface area (Å²) in [5.41, 5.74) is 8.24. The number of epoxide rings is 1. The van der Waals surface area contributed by atoms with E-state index in [1.807, 2.05) is 0 Å². The summed E-state index contributed by atoms with van der Waals surface area (Å²) in [7, 11) is 0. The van der Waals surface area contributed by atoms with Crippen LogP contribution in [0.25, 0.3) is 11.0 Å². The lowest BCUT2D eigenvalue weighted by Gasteiger charge is -2.75. The second-order valence-electron chi connectivity index (χ2n) is 29.4. The van der Waals surface area contributed by atoms with Crippen molar-refractivity contribution in [3.8, 4) is 11.8 Å². The third-order valence-electron chi connectivity index (χ3n) is 25.8. The number of nitrogens with one attached hydrogen (secondary N) is 1. The molecule has 5 heterocycles. The Morgan fingerprint density at radius 2 is 1.51 bits per heavy atom. The molecule has 0 amide bonds. The monoisotopic (exact) mass is 1030 g/mol. The van der Waals surface area contributed by atoms with Crippen LogP contribution in [0.15, 0.2) is 41.7 Å². The maximum absolute atomic E-state index is 16.1. The average molecular weight is 1030 g/mol. The van der Waals surface area contributed by atoms with Gasteiger partial charge in [-0.3, -0.25) is 9.59 Å². The minimum atomic E-state index is -0.760. The summed E-state index contributed by atoms with van der Waals surface area (Å²) < 4.78 is 14.7. The van der Waals surface area contributed by atoms with E-state index in [1.165, 1.54) is 89.4 Å². The van der Waals surface area contributed by atoms with E-state index in [0.717, 1.165) is 95.8 Å². The van der Waals surface area contributed by atoms with Crippen molar-refractivity contribution in [3.63, 3.8) is 0 Å². The minimum Gasteiger partial charge on any atom is -0.392 e. The molecule has 5 bridgehead atoms. The maximum atomic E-state index is 16.1. The van der Waals surface area contributed by atoms with Gasteiger partial charge in [0.15, 0.2) is 5.78 Å². The van der Waals surface area contributed by atoms with Crippen LogP contribution in [-0.4, -0.2) is 68.5 Å². The highest BCUT2D eigenvalue weighted by Gasteiger charge is 2.79. The van der Waals surface area contributed by atoms with E-state index in [1.54, 1.807) is 0 Å². The topological polar surface area (TPSA) is 117 Å². The summed E-state index contributed by atoms with van der Waals surface area (Å²) in [6.45, 7) is 16.2. The Kier molecular flexibility index (Phi) is 11.9. The van der Waals surface area contributed by atoms with Gasteiger partial charge in [0.25, 0.3) is 0 Å². The van der Waals surface area contributed by atoms with E-state index in [0.29, 0.717) is 62.2 Å². The van der Waals surface area contributed by atoms with E-state index >= 15 is 9.59 Å². The predicted octanol–water partition coefficient (Wildman–Crippen LogP) is 13.4. The number of allylic oxidation sites excluding steroid dienone is 1. The molecule has 11 aliphatic rings. The predicted molar refractivity (Wildman–Crippen MR) is 298 cm³/mol. The number of ketones is 2. The molecule has 408 valence electrons. The molecule has 1 aromatic carbocycles. The molecular weight excluding hydrogens is 941 g/mol. The van der Waals surface area contributed by atoms with Crippen LogP contribution < -0.4 is 0 Å². The summed E-state index contributed by atoms with van der Waals surface area (Å²) in [5, 5.41) is 27.1. The molecule has 3 aliphatic heterocycles. The maximum Gasteiger partial charge on any atom is 0.160 e. The van der Waals surface area contributed by atoms with Gasteiger partial charge < -0.3 is 29.2 Å².